The van der Waals surface area contributed by atoms with E-state index in [1.54, 1.807) is 0 Å². The summed E-state index contributed by atoms with van der Waals surface area (Å²) in [4.78, 5) is 0. The number of hydrogen-bond donors (Lipinski definition) is 0. The molecular formula is C38H38SiZr. The smallest absolute Gasteiger partial charge is 0.165 e. The molecule has 2 heteroatoms. The van der Waals surface area contributed by atoms with Crippen molar-refractivity contribution in [1.29, 1.82) is 0 Å². The Morgan fingerprint density at radius 3 is 1.18 bits per heavy atom. The van der Waals surface area contributed by atoms with Gasteiger partial charge in [-0.2, -0.15) is 12.1 Å². The van der Waals surface area contributed by atoms with Crippen LogP contribution < -0.4 is 0 Å². The number of rotatable bonds is 3. The molecular weight excluding hydrogens is 576 g/mol. The molecule has 2 radical (unpaired) electrons. The van der Waals surface area contributed by atoms with Gasteiger partial charge in [0.15, 0.2) is 0 Å². The Bertz CT molecular complexity index is 1370. The number of benzene rings is 4. The van der Waals surface area contributed by atoms with Gasteiger partial charge < -0.3 is 0 Å². The van der Waals surface area contributed by atoms with Crippen molar-refractivity contribution in [1.82, 2.24) is 0 Å². The van der Waals surface area contributed by atoms with E-state index in [4.69, 9.17) is 0 Å². The van der Waals surface area contributed by atoms with Crippen LogP contribution in [0.1, 0.15) is 22.3 Å². The van der Waals surface area contributed by atoms with Crippen molar-refractivity contribution in [3.63, 3.8) is 0 Å². The van der Waals surface area contributed by atoms with Crippen LogP contribution in [0, 0.1) is 13.8 Å². The first-order chi connectivity index (χ1) is 19.1. The average molecular weight is 614 g/mol. The largest absolute Gasteiger partial charge is 2.00 e. The van der Waals surface area contributed by atoms with Gasteiger partial charge >= 0.3 is 26.2 Å². The minimum atomic E-state index is 0. The number of hydrogen-bond acceptors (Lipinski definition) is 0. The predicted molar refractivity (Wildman–Crippen MR) is 177 cm³/mol. The van der Waals surface area contributed by atoms with E-state index < -0.39 is 0 Å². The normalized spacial score (nSPS) is 10.2. The van der Waals surface area contributed by atoms with E-state index in [1.165, 1.54) is 43.8 Å². The van der Waals surface area contributed by atoms with Gasteiger partial charge in [0, 0.05) is 9.52 Å². The van der Waals surface area contributed by atoms with E-state index in [9.17, 15) is 0 Å². The molecule has 0 aliphatic carbocycles. The van der Waals surface area contributed by atoms with E-state index >= 15 is 0 Å². The second kappa shape index (κ2) is 18.9. The SMILES string of the molecule is C(/C=C/c1ccccc1)=C\c1ccccc1.C[Si]C.Cc1cc2ccccc2[cH-]1.Cc1cc2ccccc2[cH-]1.[Zr+2]. The van der Waals surface area contributed by atoms with Crippen molar-refractivity contribution in [3.05, 3.63) is 168 Å². The van der Waals surface area contributed by atoms with Crippen LogP contribution in [0.3, 0.4) is 0 Å². The van der Waals surface area contributed by atoms with Crippen molar-refractivity contribution in [2.75, 3.05) is 0 Å². The molecule has 0 aromatic heterocycles. The summed E-state index contributed by atoms with van der Waals surface area (Å²) in [5, 5.41) is 5.39. The molecule has 0 atom stereocenters. The maximum atomic E-state index is 2.20. The zero-order valence-electron chi connectivity index (χ0n) is 24.0. The number of allylic oxidation sites excluding steroid dienone is 2. The Morgan fingerprint density at radius 2 is 0.825 bits per heavy atom. The van der Waals surface area contributed by atoms with E-state index in [-0.39, 0.29) is 26.2 Å². The summed E-state index contributed by atoms with van der Waals surface area (Å²) in [6, 6.07) is 46.2. The first kappa shape index (κ1) is 32.9. The van der Waals surface area contributed by atoms with Gasteiger partial charge in [0.2, 0.25) is 0 Å². The summed E-state index contributed by atoms with van der Waals surface area (Å²) in [7, 11) is 1.08. The standard InChI is InChI=1S/C16H14.2C10H9.C2H6Si.Zr/c1-3-9-15(10-4-1)13-7-8-14-16-11-5-2-6-12-16;2*1-8-6-9-4-2-3-5-10(9)7-8;1-3-2;/h1-14H;2*2-7H,1H3;1-2H3;/q;2*-1;;+2/b13-7+,14-8+;;;;. The molecule has 6 aromatic rings. The van der Waals surface area contributed by atoms with Crippen LogP contribution in [-0.4, -0.2) is 9.52 Å². The van der Waals surface area contributed by atoms with Crippen LogP contribution in [0.4, 0.5) is 0 Å². The van der Waals surface area contributed by atoms with Gasteiger partial charge in [0.1, 0.15) is 0 Å². The fraction of sp³-hybridized carbons (Fsp3) is 0.105. The van der Waals surface area contributed by atoms with E-state index in [0.717, 1.165) is 9.52 Å². The molecule has 6 rings (SSSR count). The number of aryl methyl sites for hydroxylation is 2. The third-order valence-corrected chi connectivity index (χ3v) is 5.81. The second-order valence-corrected chi connectivity index (χ2v) is 10.4. The molecule has 0 fully saturated rings. The molecule has 0 N–H and O–H groups in total. The molecule has 0 spiro atoms. The Morgan fingerprint density at radius 1 is 0.500 bits per heavy atom. The van der Waals surface area contributed by atoms with Crippen molar-refractivity contribution in [3.8, 4) is 0 Å². The topological polar surface area (TPSA) is 0 Å². The fourth-order valence-electron chi connectivity index (χ4n) is 4.07. The Hall–Kier alpha value is -3.32. The summed E-state index contributed by atoms with van der Waals surface area (Å²) >= 11 is 0. The van der Waals surface area contributed by atoms with Gasteiger partial charge in [-0.15, -0.1) is 81.2 Å². The van der Waals surface area contributed by atoms with Gasteiger partial charge in [0.25, 0.3) is 0 Å². The molecule has 0 heterocycles. The van der Waals surface area contributed by atoms with Crippen molar-refractivity contribution < 1.29 is 26.2 Å². The Balaban J connectivity index is 0.000000204. The van der Waals surface area contributed by atoms with Crippen LogP contribution in [0.2, 0.25) is 13.1 Å². The number of fused-ring (bicyclic) bond motifs is 2. The molecule has 0 saturated heterocycles. The molecule has 0 aliphatic heterocycles. The van der Waals surface area contributed by atoms with Crippen LogP contribution in [-0.2, 0) is 26.2 Å². The maximum Gasteiger partial charge on any atom is 2.00 e. The van der Waals surface area contributed by atoms with Crippen LogP contribution in [0.5, 0.6) is 0 Å². The molecule has 0 bridgehead atoms. The van der Waals surface area contributed by atoms with Crippen LogP contribution in [0.15, 0.2) is 146 Å². The molecule has 0 nitrogen and oxygen atoms in total. The van der Waals surface area contributed by atoms with Gasteiger partial charge in [-0.25, -0.2) is 0 Å². The molecule has 6 aromatic carbocycles. The maximum absolute atomic E-state index is 2.20. The van der Waals surface area contributed by atoms with E-state index in [0.29, 0.717) is 0 Å². The summed E-state index contributed by atoms with van der Waals surface area (Å²) in [5.41, 5.74) is 5.14. The summed E-state index contributed by atoms with van der Waals surface area (Å²) in [5.74, 6) is 0. The molecule has 0 saturated carbocycles. The minimum Gasteiger partial charge on any atom is -0.165 e. The monoisotopic (exact) mass is 612 g/mol. The van der Waals surface area contributed by atoms with Crippen molar-refractivity contribution in [2.24, 2.45) is 0 Å². The molecule has 0 unspecified atom stereocenters. The third kappa shape index (κ3) is 11.8. The Labute approximate surface area is 262 Å². The van der Waals surface area contributed by atoms with Gasteiger partial charge in [0.05, 0.1) is 0 Å². The van der Waals surface area contributed by atoms with Gasteiger partial charge in [-0.1, -0.05) is 124 Å². The van der Waals surface area contributed by atoms with Crippen molar-refractivity contribution >= 4 is 43.2 Å². The Kier molecular flexibility index (Phi) is 15.5. The first-order valence-electron chi connectivity index (χ1n) is 13.4. The molecule has 40 heavy (non-hydrogen) atoms. The van der Waals surface area contributed by atoms with E-state index in [2.05, 4.69) is 148 Å². The summed E-state index contributed by atoms with van der Waals surface area (Å²) in [6.45, 7) is 8.56. The van der Waals surface area contributed by atoms with Gasteiger partial charge in [-0.05, 0) is 11.1 Å². The minimum absolute atomic E-state index is 0. The quantitative estimate of drug-likeness (QED) is 0.106. The average Bonchev–Trinajstić information content (AvgIpc) is 3.54. The first-order valence-corrected chi connectivity index (χ1v) is 15.4. The fourth-order valence-corrected chi connectivity index (χ4v) is 4.07. The van der Waals surface area contributed by atoms with Crippen LogP contribution >= 0.6 is 0 Å². The zero-order valence-corrected chi connectivity index (χ0v) is 27.5. The second-order valence-electron chi connectivity index (χ2n) is 9.36. The van der Waals surface area contributed by atoms with Gasteiger partial charge in [-0.3, -0.25) is 0 Å². The zero-order chi connectivity index (χ0) is 27.7. The third-order valence-electron chi connectivity index (χ3n) is 5.81. The van der Waals surface area contributed by atoms with Crippen LogP contribution in [0.25, 0.3) is 33.7 Å². The molecule has 198 valence electrons. The predicted octanol–water partition coefficient (Wildman–Crippen LogP) is 10.9. The molecule has 0 aliphatic rings. The molecule has 0 amide bonds. The summed E-state index contributed by atoms with van der Waals surface area (Å²) < 4.78 is 0. The van der Waals surface area contributed by atoms with Crippen molar-refractivity contribution in [2.45, 2.75) is 26.9 Å². The van der Waals surface area contributed by atoms with E-state index in [1.807, 2.05) is 36.4 Å². The summed E-state index contributed by atoms with van der Waals surface area (Å²) in [6.07, 6.45) is 8.31.